The number of hydrogen-bond acceptors (Lipinski definition) is 5. The third-order valence-corrected chi connectivity index (χ3v) is 5.33. The minimum Gasteiger partial charge on any atom is -0.494 e. The second-order valence-corrected chi connectivity index (χ2v) is 8.06. The molecule has 0 bridgehead atoms. The summed E-state index contributed by atoms with van der Waals surface area (Å²) in [7, 11) is 0. The molecule has 4 rings (SSSR count). The standard InChI is InChI=1S/C30H30N2O3/c1-2-33-28-13-7-24(8-14-28)25-9-15-29(16-10-25)34-17-3-4-22-5-11-30(12-6-22)35-21-23-18-26(31)20-27(32)19-23/h3-16,18-20H,2,17,21,31-32H2,1H3/b4-3+. The van der Waals surface area contributed by atoms with Gasteiger partial charge in [-0.2, -0.15) is 0 Å². The maximum atomic E-state index is 5.85. The molecular formula is C30H30N2O3. The van der Waals surface area contributed by atoms with Crippen LogP contribution < -0.4 is 25.7 Å². The van der Waals surface area contributed by atoms with Gasteiger partial charge in [-0.15, -0.1) is 0 Å². The highest BCUT2D eigenvalue weighted by Crippen LogP contribution is 2.25. The lowest BCUT2D eigenvalue weighted by Gasteiger charge is -2.08. The van der Waals surface area contributed by atoms with Gasteiger partial charge in [0.25, 0.3) is 0 Å². The maximum Gasteiger partial charge on any atom is 0.119 e. The first-order chi connectivity index (χ1) is 17.1. The van der Waals surface area contributed by atoms with Crippen molar-refractivity contribution in [1.82, 2.24) is 0 Å². The normalized spacial score (nSPS) is 10.9. The van der Waals surface area contributed by atoms with E-state index in [-0.39, 0.29) is 0 Å². The third-order valence-electron chi connectivity index (χ3n) is 5.33. The van der Waals surface area contributed by atoms with Crippen LogP contribution in [0.3, 0.4) is 0 Å². The Balaban J connectivity index is 1.24. The lowest BCUT2D eigenvalue weighted by Crippen LogP contribution is -1.99. The zero-order chi connectivity index (χ0) is 24.5. The molecule has 4 aromatic carbocycles. The highest BCUT2D eigenvalue weighted by atomic mass is 16.5. The van der Waals surface area contributed by atoms with E-state index in [9.17, 15) is 0 Å². The molecule has 0 atom stereocenters. The average molecular weight is 467 g/mol. The van der Waals surface area contributed by atoms with Crippen LogP contribution in [0.1, 0.15) is 18.1 Å². The van der Waals surface area contributed by atoms with Crippen molar-refractivity contribution in [1.29, 1.82) is 0 Å². The molecule has 0 radical (unpaired) electrons. The van der Waals surface area contributed by atoms with Gasteiger partial charge in [-0.3, -0.25) is 0 Å². The van der Waals surface area contributed by atoms with Crippen molar-refractivity contribution in [3.63, 3.8) is 0 Å². The molecule has 178 valence electrons. The molecule has 4 aromatic rings. The molecule has 0 aliphatic rings. The fourth-order valence-corrected chi connectivity index (χ4v) is 3.65. The molecule has 0 unspecified atom stereocenters. The molecular weight excluding hydrogens is 436 g/mol. The number of rotatable bonds is 10. The van der Waals surface area contributed by atoms with Crippen LogP contribution >= 0.6 is 0 Å². The van der Waals surface area contributed by atoms with Crippen molar-refractivity contribution in [3.05, 3.63) is 108 Å². The predicted molar refractivity (Wildman–Crippen MR) is 144 cm³/mol. The Morgan fingerprint density at radius 1 is 0.629 bits per heavy atom. The third kappa shape index (κ3) is 7.05. The SMILES string of the molecule is CCOc1ccc(-c2ccc(OC/C=C/c3ccc(OCc4cc(N)cc(N)c4)cc3)cc2)cc1. The minimum atomic E-state index is 0.412. The summed E-state index contributed by atoms with van der Waals surface area (Å²) in [6.07, 6.45) is 4.02. The molecule has 35 heavy (non-hydrogen) atoms. The largest absolute Gasteiger partial charge is 0.494 e. The van der Waals surface area contributed by atoms with Gasteiger partial charge in [0.2, 0.25) is 0 Å². The van der Waals surface area contributed by atoms with Crippen LogP contribution in [0.4, 0.5) is 11.4 Å². The Morgan fingerprint density at radius 2 is 1.14 bits per heavy atom. The summed E-state index contributed by atoms with van der Waals surface area (Å²) in [5.41, 5.74) is 17.2. The highest BCUT2D eigenvalue weighted by Gasteiger charge is 2.01. The first-order valence-electron chi connectivity index (χ1n) is 11.6. The van der Waals surface area contributed by atoms with Crippen molar-refractivity contribution < 1.29 is 14.2 Å². The Hall–Kier alpha value is -4.38. The second kappa shape index (κ2) is 11.7. The van der Waals surface area contributed by atoms with Gasteiger partial charge in [-0.1, -0.05) is 42.5 Å². The fraction of sp³-hybridized carbons (Fsp3) is 0.133. The summed E-state index contributed by atoms with van der Waals surface area (Å²) in [4.78, 5) is 0. The first kappa shape index (κ1) is 23.8. The molecule has 0 saturated heterocycles. The van der Waals surface area contributed by atoms with E-state index < -0.39 is 0 Å². The summed E-state index contributed by atoms with van der Waals surface area (Å²) in [5.74, 6) is 2.50. The van der Waals surface area contributed by atoms with Gasteiger partial charge in [-0.25, -0.2) is 0 Å². The van der Waals surface area contributed by atoms with E-state index in [1.165, 1.54) is 0 Å². The summed E-state index contributed by atoms with van der Waals surface area (Å²) >= 11 is 0. The van der Waals surface area contributed by atoms with Crippen LogP contribution in [0.15, 0.2) is 97.1 Å². The van der Waals surface area contributed by atoms with E-state index in [1.807, 2.05) is 79.7 Å². The van der Waals surface area contributed by atoms with E-state index in [0.717, 1.165) is 39.5 Å². The monoisotopic (exact) mass is 466 g/mol. The summed E-state index contributed by atoms with van der Waals surface area (Å²) in [6, 6.07) is 29.5. The zero-order valence-corrected chi connectivity index (χ0v) is 19.8. The van der Waals surface area contributed by atoms with Crippen LogP contribution in [0.25, 0.3) is 17.2 Å². The molecule has 0 amide bonds. The maximum absolute atomic E-state index is 5.85. The summed E-state index contributed by atoms with van der Waals surface area (Å²) < 4.78 is 17.2. The topological polar surface area (TPSA) is 79.7 Å². The molecule has 0 aliphatic heterocycles. The van der Waals surface area contributed by atoms with Crippen LogP contribution in [0, 0.1) is 0 Å². The lowest BCUT2D eigenvalue weighted by molar-refractivity contribution is 0.306. The minimum absolute atomic E-state index is 0.412. The predicted octanol–water partition coefficient (Wildman–Crippen LogP) is 6.59. The summed E-state index contributed by atoms with van der Waals surface area (Å²) in [6.45, 7) is 3.54. The van der Waals surface area contributed by atoms with Gasteiger partial charge in [0.15, 0.2) is 0 Å². The molecule has 0 aromatic heterocycles. The molecule has 0 aliphatic carbocycles. The number of nitrogens with two attached hydrogens (primary N) is 2. The van der Waals surface area contributed by atoms with Crippen molar-refractivity contribution in [2.24, 2.45) is 0 Å². The number of hydrogen-bond donors (Lipinski definition) is 2. The molecule has 0 heterocycles. The number of benzene rings is 4. The van der Waals surface area contributed by atoms with E-state index in [4.69, 9.17) is 25.7 Å². The molecule has 5 nitrogen and oxygen atoms in total. The Labute approximate surface area is 206 Å². The van der Waals surface area contributed by atoms with Crippen molar-refractivity contribution in [3.8, 4) is 28.4 Å². The van der Waals surface area contributed by atoms with Crippen LogP contribution in [-0.2, 0) is 6.61 Å². The van der Waals surface area contributed by atoms with Gasteiger partial charge in [0, 0.05) is 11.4 Å². The number of ether oxygens (including phenoxy) is 3. The average Bonchev–Trinajstić information content (AvgIpc) is 2.87. The number of anilines is 2. The van der Waals surface area contributed by atoms with Crippen LogP contribution in [-0.4, -0.2) is 13.2 Å². The molecule has 4 N–H and O–H groups in total. The van der Waals surface area contributed by atoms with Crippen molar-refractivity contribution in [2.75, 3.05) is 24.7 Å². The fourth-order valence-electron chi connectivity index (χ4n) is 3.65. The Morgan fingerprint density at radius 3 is 1.71 bits per heavy atom. The van der Waals surface area contributed by atoms with E-state index in [1.54, 1.807) is 6.07 Å². The van der Waals surface area contributed by atoms with E-state index in [2.05, 4.69) is 24.3 Å². The molecule has 5 heteroatoms. The first-order valence-corrected chi connectivity index (χ1v) is 11.6. The molecule has 0 saturated carbocycles. The second-order valence-electron chi connectivity index (χ2n) is 8.06. The number of nitrogen functional groups attached to an aromatic ring is 2. The van der Waals surface area contributed by atoms with Crippen molar-refractivity contribution in [2.45, 2.75) is 13.5 Å². The lowest BCUT2D eigenvalue weighted by atomic mass is 10.1. The van der Waals surface area contributed by atoms with E-state index in [0.29, 0.717) is 31.2 Å². The van der Waals surface area contributed by atoms with Crippen LogP contribution in [0.2, 0.25) is 0 Å². The molecule has 0 fully saturated rings. The van der Waals surface area contributed by atoms with E-state index >= 15 is 0 Å². The van der Waals surface area contributed by atoms with Gasteiger partial charge in [0.1, 0.15) is 30.5 Å². The smallest absolute Gasteiger partial charge is 0.119 e. The Bertz CT molecular complexity index is 1230. The van der Waals surface area contributed by atoms with Crippen molar-refractivity contribution >= 4 is 17.5 Å². The quantitative estimate of drug-likeness (QED) is 0.258. The van der Waals surface area contributed by atoms with Crippen LogP contribution in [0.5, 0.6) is 17.2 Å². The van der Waals surface area contributed by atoms with Gasteiger partial charge in [0.05, 0.1) is 6.61 Å². The zero-order valence-electron chi connectivity index (χ0n) is 19.8. The van der Waals surface area contributed by atoms with Gasteiger partial charge < -0.3 is 25.7 Å². The molecule has 0 spiro atoms. The Kier molecular flexibility index (Phi) is 7.92. The van der Waals surface area contributed by atoms with Gasteiger partial charge >= 0.3 is 0 Å². The van der Waals surface area contributed by atoms with Gasteiger partial charge in [-0.05, 0) is 89.9 Å². The summed E-state index contributed by atoms with van der Waals surface area (Å²) in [5, 5.41) is 0. The highest BCUT2D eigenvalue weighted by molar-refractivity contribution is 5.65.